The van der Waals surface area contributed by atoms with E-state index in [-0.39, 0.29) is 0 Å². The summed E-state index contributed by atoms with van der Waals surface area (Å²) < 4.78 is 9.76. The molecule has 0 amide bonds. The van der Waals surface area contributed by atoms with E-state index >= 15 is 0 Å². The van der Waals surface area contributed by atoms with Gasteiger partial charge in [-0.3, -0.25) is 4.57 Å². The number of ether oxygens (including phenoxy) is 1. The minimum atomic E-state index is 0.634. The van der Waals surface area contributed by atoms with Crippen molar-refractivity contribution >= 4 is 28.0 Å². The minimum Gasteiger partial charge on any atom is -0.378 e. The van der Waals surface area contributed by atoms with Crippen LogP contribution in [0, 0.1) is 12.8 Å². The number of anilines is 1. The van der Waals surface area contributed by atoms with Crippen molar-refractivity contribution in [2.45, 2.75) is 13.3 Å². The van der Waals surface area contributed by atoms with E-state index in [1.165, 1.54) is 0 Å². The number of imidazole rings is 2. The van der Waals surface area contributed by atoms with Crippen molar-refractivity contribution < 1.29 is 4.74 Å². The van der Waals surface area contributed by atoms with Gasteiger partial charge in [0.1, 0.15) is 11.6 Å². The third kappa shape index (κ3) is 3.07. The van der Waals surface area contributed by atoms with Gasteiger partial charge in [0.05, 0.1) is 24.2 Å². The maximum Gasteiger partial charge on any atom is 0.239 e. The monoisotopic (exact) mass is 418 g/mol. The average Bonchev–Trinajstić information content (AvgIpc) is 3.26. The molecule has 5 heterocycles. The number of benzene rings is 1. The minimum absolute atomic E-state index is 0.634. The molecule has 2 saturated heterocycles. The highest BCUT2D eigenvalue weighted by Gasteiger charge is 2.26. The second-order valence-corrected chi connectivity index (χ2v) is 8.42. The lowest BCUT2D eigenvalue weighted by Crippen LogP contribution is -2.43. The Hall–Kier alpha value is -3.04. The molecule has 1 aromatic carbocycles. The van der Waals surface area contributed by atoms with Crippen LogP contribution >= 0.6 is 0 Å². The summed E-state index contributed by atoms with van der Waals surface area (Å²) >= 11 is 0. The number of rotatable bonds is 4. The Bertz CT molecular complexity index is 1270. The SMILES string of the molecule is Cc1nc2ccccc2n1-c1nc(N2CCOCC2)c2nc(CC3CNC3)n(C)c2n1. The highest BCUT2D eigenvalue weighted by atomic mass is 16.5. The number of aromatic nitrogens is 6. The maximum atomic E-state index is 5.58. The fourth-order valence-electron chi connectivity index (χ4n) is 4.51. The van der Waals surface area contributed by atoms with Crippen LogP contribution in [0.5, 0.6) is 0 Å². The van der Waals surface area contributed by atoms with Crippen molar-refractivity contribution in [3.63, 3.8) is 0 Å². The second-order valence-electron chi connectivity index (χ2n) is 8.42. The number of nitrogens with one attached hydrogen (secondary N) is 1. The molecule has 1 N–H and O–H groups in total. The Balaban J connectivity index is 1.56. The zero-order valence-corrected chi connectivity index (χ0v) is 17.9. The number of nitrogens with zero attached hydrogens (tertiary/aromatic N) is 7. The van der Waals surface area contributed by atoms with E-state index in [4.69, 9.17) is 24.7 Å². The van der Waals surface area contributed by atoms with Gasteiger partial charge in [-0.25, -0.2) is 9.97 Å². The Labute approximate surface area is 180 Å². The molecule has 0 radical (unpaired) electrons. The van der Waals surface area contributed by atoms with E-state index in [1.54, 1.807) is 0 Å². The lowest BCUT2D eigenvalue weighted by Gasteiger charge is -2.28. The first-order chi connectivity index (χ1) is 15.2. The summed E-state index contributed by atoms with van der Waals surface area (Å²) in [6, 6.07) is 8.12. The van der Waals surface area contributed by atoms with Gasteiger partial charge in [-0.2, -0.15) is 9.97 Å². The van der Waals surface area contributed by atoms with E-state index < -0.39 is 0 Å². The standard InChI is InChI=1S/C22H26N8O/c1-14-24-16-5-3-4-6-17(16)30(14)22-26-20-19(21(27-22)29-7-9-31-10-8-29)25-18(28(20)2)11-15-12-23-13-15/h3-6,15,23H,7-13H2,1-2H3. The first-order valence-electron chi connectivity index (χ1n) is 10.9. The third-order valence-corrected chi connectivity index (χ3v) is 6.36. The van der Waals surface area contributed by atoms with Gasteiger partial charge < -0.3 is 19.5 Å². The van der Waals surface area contributed by atoms with Gasteiger partial charge in [-0.15, -0.1) is 0 Å². The number of fused-ring (bicyclic) bond motifs is 2. The van der Waals surface area contributed by atoms with Crippen LogP contribution < -0.4 is 10.2 Å². The fraction of sp³-hybridized carbons (Fsp3) is 0.455. The van der Waals surface area contributed by atoms with E-state index in [1.807, 2.05) is 29.7 Å². The molecule has 4 aromatic rings. The van der Waals surface area contributed by atoms with Crippen LogP contribution in [0.2, 0.25) is 0 Å². The Morgan fingerprint density at radius 2 is 1.87 bits per heavy atom. The van der Waals surface area contributed by atoms with Gasteiger partial charge in [0.15, 0.2) is 17.0 Å². The Morgan fingerprint density at radius 3 is 2.65 bits per heavy atom. The molecule has 0 aliphatic carbocycles. The molecule has 6 rings (SSSR count). The van der Waals surface area contributed by atoms with Crippen LogP contribution in [0.15, 0.2) is 24.3 Å². The van der Waals surface area contributed by atoms with Crippen LogP contribution in [0.25, 0.3) is 28.1 Å². The molecular weight excluding hydrogens is 392 g/mol. The molecule has 0 bridgehead atoms. The van der Waals surface area contributed by atoms with Crippen LogP contribution in [0.3, 0.4) is 0 Å². The van der Waals surface area contributed by atoms with E-state index in [9.17, 15) is 0 Å². The smallest absolute Gasteiger partial charge is 0.239 e. The van der Waals surface area contributed by atoms with Crippen molar-refractivity contribution in [1.82, 2.24) is 34.4 Å². The third-order valence-electron chi connectivity index (χ3n) is 6.36. The summed E-state index contributed by atoms with van der Waals surface area (Å²) in [5, 5.41) is 3.35. The van der Waals surface area contributed by atoms with Crippen molar-refractivity contribution in [2.24, 2.45) is 13.0 Å². The number of aryl methyl sites for hydroxylation is 2. The topological polar surface area (TPSA) is 85.9 Å². The number of para-hydroxylation sites is 2. The van der Waals surface area contributed by atoms with E-state index in [2.05, 4.69) is 27.9 Å². The van der Waals surface area contributed by atoms with Gasteiger partial charge in [0, 0.05) is 26.6 Å². The van der Waals surface area contributed by atoms with Crippen LogP contribution in [0.4, 0.5) is 5.82 Å². The normalized spacial score (nSPS) is 17.5. The summed E-state index contributed by atoms with van der Waals surface area (Å²) in [6.07, 6.45) is 0.949. The summed E-state index contributed by atoms with van der Waals surface area (Å²) in [5.41, 5.74) is 3.69. The highest BCUT2D eigenvalue weighted by Crippen LogP contribution is 2.28. The molecule has 0 unspecified atom stereocenters. The number of hydrogen-bond donors (Lipinski definition) is 1. The Morgan fingerprint density at radius 1 is 1.06 bits per heavy atom. The summed E-state index contributed by atoms with van der Waals surface area (Å²) in [7, 11) is 2.06. The molecule has 2 aliphatic rings. The van der Waals surface area contributed by atoms with Gasteiger partial charge in [-0.05, 0) is 38.1 Å². The number of hydrogen-bond acceptors (Lipinski definition) is 7. The average molecular weight is 419 g/mol. The van der Waals surface area contributed by atoms with Crippen molar-refractivity contribution in [3.8, 4) is 5.95 Å². The molecule has 2 aliphatic heterocycles. The first-order valence-corrected chi connectivity index (χ1v) is 10.9. The maximum absolute atomic E-state index is 5.58. The summed E-state index contributed by atoms with van der Waals surface area (Å²) in [5.74, 6) is 4.09. The van der Waals surface area contributed by atoms with Crippen LogP contribution in [-0.2, 0) is 18.2 Å². The molecule has 2 fully saturated rings. The van der Waals surface area contributed by atoms with E-state index in [0.717, 1.165) is 72.3 Å². The fourth-order valence-corrected chi connectivity index (χ4v) is 4.51. The molecule has 3 aromatic heterocycles. The predicted molar refractivity (Wildman–Crippen MR) is 119 cm³/mol. The quantitative estimate of drug-likeness (QED) is 0.539. The van der Waals surface area contributed by atoms with E-state index in [0.29, 0.717) is 25.1 Å². The van der Waals surface area contributed by atoms with Crippen molar-refractivity contribution in [1.29, 1.82) is 0 Å². The Kier molecular flexibility index (Phi) is 4.39. The predicted octanol–water partition coefficient (Wildman–Crippen LogP) is 1.61. The van der Waals surface area contributed by atoms with Crippen molar-refractivity contribution in [2.75, 3.05) is 44.3 Å². The molecule has 9 heteroatoms. The molecule has 9 nitrogen and oxygen atoms in total. The molecule has 31 heavy (non-hydrogen) atoms. The second kappa shape index (κ2) is 7.28. The molecule has 0 saturated carbocycles. The highest BCUT2D eigenvalue weighted by molar-refractivity contribution is 5.86. The summed E-state index contributed by atoms with van der Waals surface area (Å²) in [4.78, 5) is 22.0. The van der Waals surface area contributed by atoms with Gasteiger partial charge in [0.2, 0.25) is 5.95 Å². The lowest BCUT2D eigenvalue weighted by atomic mass is 9.99. The van der Waals surface area contributed by atoms with Crippen molar-refractivity contribution in [3.05, 3.63) is 35.9 Å². The van der Waals surface area contributed by atoms with Gasteiger partial charge in [0.25, 0.3) is 0 Å². The van der Waals surface area contributed by atoms with Crippen LogP contribution in [0.1, 0.15) is 11.6 Å². The largest absolute Gasteiger partial charge is 0.378 e. The molecule has 160 valence electrons. The number of morpholine rings is 1. The van der Waals surface area contributed by atoms with Crippen LogP contribution in [-0.4, -0.2) is 68.5 Å². The summed E-state index contributed by atoms with van der Waals surface area (Å²) in [6.45, 7) is 7.09. The lowest BCUT2D eigenvalue weighted by molar-refractivity contribution is 0.122. The molecular formula is C22H26N8O. The zero-order chi connectivity index (χ0) is 20.9. The molecule has 0 atom stereocenters. The first kappa shape index (κ1) is 18.7. The molecule has 0 spiro atoms. The zero-order valence-electron chi connectivity index (χ0n) is 17.9. The van der Waals surface area contributed by atoms with Gasteiger partial charge in [-0.1, -0.05) is 12.1 Å². The van der Waals surface area contributed by atoms with Gasteiger partial charge >= 0.3 is 0 Å².